The third kappa shape index (κ3) is 4.02. The highest BCUT2D eigenvalue weighted by molar-refractivity contribution is 9.10. The number of rotatable bonds is 5. The van der Waals surface area contributed by atoms with Crippen molar-refractivity contribution in [2.45, 2.75) is 31.9 Å². The fraction of sp³-hybridized carbons (Fsp3) is 0.600. The van der Waals surface area contributed by atoms with Crippen LogP contribution < -0.4 is 0 Å². The maximum atomic E-state index is 10.3. The van der Waals surface area contributed by atoms with Crippen molar-refractivity contribution in [3.05, 3.63) is 34.3 Å². The molecule has 2 unspecified atom stereocenters. The van der Waals surface area contributed by atoms with E-state index in [1.165, 1.54) is 0 Å². The summed E-state index contributed by atoms with van der Waals surface area (Å²) in [5.41, 5.74) is 0.976. The monoisotopic (exact) mass is 327 g/mol. The maximum absolute atomic E-state index is 10.3. The van der Waals surface area contributed by atoms with Crippen LogP contribution in [0.25, 0.3) is 0 Å². The number of hydrogen-bond acceptors (Lipinski definition) is 3. The van der Waals surface area contributed by atoms with Crippen LogP contribution in [-0.2, 0) is 4.74 Å². The van der Waals surface area contributed by atoms with Gasteiger partial charge in [-0.15, -0.1) is 0 Å². The zero-order valence-electron chi connectivity index (χ0n) is 11.4. The van der Waals surface area contributed by atoms with Crippen molar-refractivity contribution < 1.29 is 9.84 Å². The number of nitrogens with zero attached hydrogens (tertiary/aromatic N) is 1. The molecule has 3 nitrogen and oxygen atoms in total. The largest absolute Gasteiger partial charge is 0.388 e. The maximum Gasteiger partial charge on any atom is 0.0813 e. The molecule has 19 heavy (non-hydrogen) atoms. The van der Waals surface area contributed by atoms with Crippen LogP contribution >= 0.6 is 15.9 Å². The number of ether oxygens (including phenoxy) is 1. The smallest absolute Gasteiger partial charge is 0.0813 e. The summed E-state index contributed by atoms with van der Waals surface area (Å²) >= 11 is 3.49. The Balaban J connectivity index is 1.89. The molecule has 2 rings (SSSR count). The molecule has 1 heterocycles. The van der Waals surface area contributed by atoms with Crippen molar-refractivity contribution in [3.8, 4) is 0 Å². The second kappa shape index (κ2) is 7.39. The van der Waals surface area contributed by atoms with E-state index in [0.717, 1.165) is 49.2 Å². The van der Waals surface area contributed by atoms with E-state index < -0.39 is 6.10 Å². The van der Waals surface area contributed by atoms with Crippen LogP contribution in [0, 0.1) is 0 Å². The van der Waals surface area contributed by atoms with E-state index in [-0.39, 0.29) is 0 Å². The average Bonchev–Trinajstić information content (AvgIpc) is 2.45. The minimum atomic E-state index is -0.407. The van der Waals surface area contributed by atoms with Crippen LogP contribution in [0.15, 0.2) is 28.7 Å². The number of morpholine rings is 1. The molecule has 1 saturated heterocycles. The summed E-state index contributed by atoms with van der Waals surface area (Å²) in [6.45, 7) is 5.71. The zero-order valence-corrected chi connectivity index (χ0v) is 13.0. The Kier molecular flexibility index (Phi) is 5.82. The number of aliphatic hydroxyl groups excluding tert-OH is 1. The first-order valence-corrected chi connectivity index (χ1v) is 7.76. The van der Waals surface area contributed by atoms with Gasteiger partial charge in [-0.05, 0) is 24.5 Å². The van der Waals surface area contributed by atoms with Gasteiger partial charge in [0.05, 0.1) is 19.3 Å². The zero-order chi connectivity index (χ0) is 13.7. The normalized spacial score (nSPS) is 22.4. The summed E-state index contributed by atoms with van der Waals surface area (Å²) in [5, 5.41) is 10.3. The van der Waals surface area contributed by atoms with Gasteiger partial charge in [0.1, 0.15) is 0 Å². The summed E-state index contributed by atoms with van der Waals surface area (Å²) in [7, 11) is 0. The Morgan fingerprint density at radius 2 is 2.26 bits per heavy atom. The molecule has 1 aromatic rings. The van der Waals surface area contributed by atoms with E-state index >= 15 is 0 Å². The Morgan fingerprint density at radius 1 is 1.47 bits per heavy atom. The molecule has 1 aliphatic heterocycles. The molecule has 1 N–H and O–H groups in total. The number of hydrogen-bond donors (Lipinski definition) is 1. The van der Waals surface area contributed by atoms with Gasteiger partial charge in [0.2, 0.25) is 0 Å². The van der Waals surface area contributed by atoms with Crippen LogP contribution in [-0.4, -0.2) is 42.4 Å². The number of halogens is 1. The predicted octanol–water partition coefficient (Wildman–Crippen LogP) is 2.98. The van der Waals surface area contributed by atoms with Gasteiger partial charge in [0.25, 0.3) is 0 Å². The molecule has 1 aromatic carbocycles. The molecule has 2 atom stereocenters. The van der Waals surface area contributed by atoms with Gasteiger partial charge in [-0.3, -0.25) is 4.90 Å². The van der Waals surface area contributed by atoms with Gasteiger partial charge < -0.3 is 9.84 Å². The van der Waals surface area contributed by atoms with E-state index in [4.69, 9.17) is 4.74 Å². The minimum absolute atomic E-state index is 0.407. The number of aliphatic hydroxyl groups is 1. The summed E-state index contributed by atoms with van der Waals surface area (Å²) in [6, 6.07) is 8.38. The van der Waals surface area contributed by atoms with Gasteiger partial charge in [-0.2, -0.15) is 0 Å². The second-order valence-electron chi connectivity index (χ2n) is 5.00. The molecule has 0 saturated carbocycles. The Morgan fingerprint density at radius 3 is 3.00 bits per heavy atom. The fourth-order valence-electron chi connectivity index (χ4n) is 2.55. The highest BCUT2D eigenvalue weighted by Crippen LogP contribution is 2.26. The standard InChI is InChI=1S/C15H22BrNO2/c1-2-12-11-19-10-9-17(12)8-7-15(18)13-5-3-4-6-14(13)16/h3-6,12,15,18H,2,7-11H2,1H3. The summed E-state index contributed by atoms with van der Waals surface area (Å²) < 4.78 is 6.49. The summed E-state index contributed by atoms with van der Waals surface area (Å²) in [5.74, 6) is 0. The van der Waals surface area contributed by atoms with E-state index in [2.05, 4.69) is 27.8 Å². The SMILES string of the molecule is CCC1COCCN1CCC(O)c1ccccc1Br. The van der Waals surface area contributed by atoms with Gasteiger partial charge in [-0.25, -0.2) is 0 Å². The van der Waals surface area contributed by atoms with Gasteiger partial charge in [0.15, 0.2) is 0 Å². The Labute approximate surface area is 123 Å². The van der Waals surface area contributed by atoms with Crippen LogP contribution in [0.3, 0.4) is 0 Å². The van der Waals surface area contributed by atoms with Gasteiger partial charge >= 0.3 is 0 Å². The lowest BCUT2D eigenvalue weighted by Crippen LogP contribution is -2.45. The first-order chi connectivity index (χ1) is 9.22. The van der Waals surface area contributed by atoms with Crippen molar-refractivity contribution in [1.82, 2.24) is 4.90 Å². The highest BCUT2D eigenvalue weighted by atomic mass is 79.9. The Bertz CT molecular complexity index is 399. The van der Waals surface area contributed by atoms with E-state index in [1.807, 2.05) is 24.3 Å². The summed E-state index contributed by atoms with van der Waals surface area (Å²) in [6.07, 6.45) is 1.46. The molecule has 0 bridgehead atoms. The third-order valence-electron chi connectivity index (χ3n) is 3.77. The van der Waals surface area contributed by atoms with E-state index in [1.54, 1.807) is 0 Å². The minimum Gasteiger partial charge on any atom is -0.388 e. The highest BCUT2D eigenvalue weighted by Gasteiger charge is 2.22. The Hall–Kier alpha value is -0.420. The molecule has 1 fully saturated rings. The van der Waals surface area contributed by atoms with Crippen molar-refractivity contribution in [3.63, 3.8) is 0 Å². The topological polar surface area (TPSA) is 32.7 Å². The molecule has 106 valence electrons. The first kappa shape index (κ1) is 15.0. The number of benzene rings is 1. The van der Waals surface area contributed by atoms with E-state index in [0.29, 0.717) is 6.04 Å². The van der Waals surface area contributed by atoms with E-state index in [9.17, 15) is 5.11 Å². The average molecular weight is 328 g/mol. The van der Waals surface area contributed by atoms with Crippen LogP contribution in [0.2, 0.25) is 0 Å². The van der Waals surface area contributed by atoms with Crippen LogP contribution in [0.4, 0.5) is 0 Å². The lowest BCUT2D eigenvalue weighted by Gasteiger charge is -2.35. The molecule has 0 amide bonds. The van der Waals surface area contributed by atoms with Crippen molar-refractivity contribution in [2.24, 2.45) is 0 Å². The lowest BCUT2D eigenvalue weighted by molar-refractivity contribution is -0.0144. The van der Waals surface area contributed by atoms with Crippen molar-refractivity contribution in [2.75, 3.05) is 26.3 Å². The molecule has 1 aliphatic rings. The molecule has 4 heteroatoms. The second-order valence-corrected chi connectivity index (χ2v) is 5.85. The molecule has 0 radical (unpaired) electrons. The van der Waals surface area contributed by atoms with Crippen molar-refractivity contribution >= 4 is 15.9 Å². The fourth-order valence-corrected chi connectivity index (χ4v) is 3.10. The molecular weight excluding hydrogens is 306 g/mol. The van der Waals surface area contributed by atoms with Crippen LogP contribution in [0.5, 0.6) is 0 Å². The van der Waals surface area contributed by atoms with Crippen LogP contribution in [0.1, 0.15) is 31.4 Å². The third-order valence-corrected chi connectivity index (χ3v) is 4.50. The summed E-state index contributed by atoms with van der Waals surface area (Å²) in [4.78, 5) is 2.43. The lowest BCUT2D eigenvalue weighted by atomic mass is 10.1. The van der Waals surface area contributed by atoms with Gasteiger partial charge in [-0.1, -0.05) is 41.1 Å². The van der Waals surface area contributed by atoms with Gasteiger partial charge in [0, 0.05) is 23.6 Å². The quantitative estimate of drug-likeness (QED) is 0.902. The van der Waals surface area contributed by atoms with Crippen molar-refractivity contribution in [1.29, 1.82) is 0 Å². The molecule has 0 aromatic heterocycles. The first-order valence-electron chi connectivity index (χ1n) is 6.96. The predicted molar refractivity (Wildman–Crippen MR) is 80.2 cm³/mol. The molecular formula is C15H22BrNO2. The molecule has 0 spiro atoms. The molecule has 0 aliphatic carbocycles.